The summed E-state index contributed by atoms with van der Waals surface area (Å²) >= 11 is 0. The Hall–Kier alpha value is -1.26. The number of ether oxygens (including phenoxy) is 1. The van der Waals surface area contributed by atoms with E-state index in [1.54, 1.807) is 0 Å². The Morgan fingerprint density at radius 3 is 1.93 bits per heavy atom. The molecule has 0 aliphatic heterocycles. The Labute approximate surface area is 90.6 Å². The molecule has 0 spiro atoms. The van der Waals surface area contributed by atoms with Gasteiger partial charge in [-0.05, 0) is 19.8 Å². The Balaban J connectivity index is 4.29. The van der Waals surface area contributed by atoms with Crippen LogP contribution in [0.1, 0.15) is 27.7 Å². The minimum Gasteiger partial charge on any atom is -0.467 e. The molecule has 0 heterocycles. The molecule has 0 bridgehead atoms. The number of hydrogen-bond donors (Lipinski definition) is 2. The Morgan fingerprint density at radius 1 is 1.07 bits per heavy atom. The number of esters is 1. The number of nitrogens with one attached hydrogen (secondary N) is 2. The summed E-state index contributed by atoms with van der Waals surface area (Å²) in [6, 6.07) is -0.918. The molecule has 0 aliphatic carbocycles. The molecule has 0 aromatic heterocycles. The first-order valence-electron chi connectivity index (χ1n) is 5.03. The molecule has 0 rings (SSSR count). The summed E-state index contributed by atoms with van der Waals surface area (Å²) in [5.74, 6) is -0.431. The lowest BCUT2D eigenvalue weighted by Gasteiger charge is -2.20. The molecule has 0 aliphatic rings. The molecule has 5 heteroatoms. The summed E-state index contributed by atoms with van der Waals surface area (Å²) in [7, 11) is 1.31. The normalized spacial score (nSPS) is 12.5. The number of carbonyl (C=O) groups excluding carboxylic acids is 2. The molecule has 0 radical (unpaired) electrons. The summed E-state index contributed by atoms with van der Waals surface area (Å²) in [6.07, 6.45) is 0. The summed E-state index contributed by atoms with van der Waals surface area (Å²) in [4.78, 5) is 22.7. The van der Waals surface area contributed by atoms with Crippen LogP contribution >= 0.6 is 0 Å². The minimum atomic E-state index is -0.603. The zero-order valence-electron chi connectivity index (χ0n) is 9.96. The van der Waals surface area contributed by atoms with Crippen LogP contribution in [0.2, 0.25) is 0 Å². The standard InChI is InChI=1S/C10H20N2O3/c1-6(2)8(9(13)15-5)12-10(14)11-7(3)4/h6-8H,1-5H3,(H2,11,12,14). The number of urea groups is 1. The van der Waals surface area contributed by atoms with Gasteiger partial charge in [-0.25, -0.2) is 9.59 Å². The van der Waals surface area contributed by atoms with E-state index in [0.717, 1.165) is 0 Å². The second-order valence-electron chi connectivity index (χ2n) is 4.02. The molecule has 0 aromatic carbocycles. The summed E-state index contributed by atoms with van der Waals surface area (Å²) in [6.45, 7) is 7.39. The van der Waals surface area contributed by atoms with Crippen molar-refractivity contribution in [3.05, 3.63) is 0 Å². The average Bonchev–Trinajstić information content (AvgIpc) is 2.11. The van der Waals surface area contributed by atoms with Crippen LogP contribution in [0.3, 0.4) is 0 Å². The third kappa shape index (κ3) is 5.24. The Bertz CT molecular complexity index is 227. The van der Waals surface area contributed by atoms with Gasteiger partial charge in [0.2, 0.25) is 0 Å². The fraction of sp³-hybridized carbons (Fsp3) is 0.800. The fourth-order valence-electron chi connectivity index (χ4n) is 1.07. The van der Waals surface area contributed by atoms with Crippen LogP contribution in [-0.4, -0.2) is 31.2 Å². The highest BCUT2D eigenvalue weighted by Gasteiger charge is 2.24. The van der Waals surface area contributed by atoms with E-state index in [0.29, 0.717) is 0 Å². The van der Waals surface area contributed by atoms with Crippen molar-refractivity contribution in [2.45, 2.75) is 39.8 Å². The van der Waals surface area contributed by atoms with Gasteiger partial charge in [0.1, 0.15) is 6.04 Å². The summed E-state index contributed by atoms with van der Waals surface area (Å²) < 4.78 is 4.60. The number of amides is 2. The van der Waals surface area contributed by atoms with Crippen molar-refractivity contribution in [1.29, 1.82) is 0 Å². The van der Waals surface area contributed by atoms with Crippen molar-refractivity contribution >= 4 is 12.0 Å². The highest BCUT2D eigenvalue weighted by Crippen LogP contribution is 2.03. The zero-order chi connectivity index (χ0) is 12.0. The van der Waals surface area contributed by atoms with Crippen molar-refractivity contribution in [3.8, 4) is 0 Å². The van der Waals surface area contributed by atoms with Crippen LogP contribution in [-0.2, 0) is 9.53 Å². The van der Waals surface area contributed by atoms with Gasteiger partial charge in [-0.15, -0.1) is 0 Å². The van der Waals surface area contributed by atoms with Crippen LogP contribution in [0, 0.1) is 5.92 Å². The smallest absolute Gasteiger partial charge is 0.328 e. The molecule has 5 nitrogen and oxygen atoms in total. The Kier molecular flexibility index (Phi) is 5.74. The quantitative estimate of drug-likeness (QED) is 0.686. The highest BCUT2D eigenvalue weighted by molar-refractivity contribution is 5.83. The van der Waals surface area contributed by atoms with Gasteiger partial charge >= 0.3 is 12.0 Å². The molecule has 1 unspecified atom stereocenters. The second-order valence-corrected chi connectivity index (χ2v) is 4.02. The van der Waals surface area contributed by atoms with Crippen LogP contribution < -0.4 is 10.6 Å². The van der Waals surface area contributed by atoms with Gasteiger partial charge in [-0.2, -0.15) is 0 Å². The maximum absolute atomic E-state index is 11.4. The van der Waals surface area contributed by atoms with Crippen LogP contribution in [0.25, 0.3) is 0 Å². The molecule has 2 N–H and O–H groups in total. The third-order valence-electron chi connectivity index (χ3n) is 1.83. The molecule has 88 valence electrons. The van der Waals surface area contributed by atoms with E-state index in [1.165, 1.54) is 7.11 Å². The molecule has 1 atom stereocenters. The summed E-state index contributed by atoms with van der Waals surface area (Å²) in [5, 5.41) is 5.22. The highest BCUT2D eigenvalue weighted by atomic mass is 16.5. The van der Waals surface area contributed by atoms with E-state index in [9.17, 15) is 9.59 Å². The van der Waals surface area contributed by atoms with Gasteiger partial charge in [0, 0.05) is 6.04 Å². The zero-order valence-corrected chi connectivity index (χ0v) is 9.96. The van der Waals surface area contributed by atoms with Gasteiger partial charge in [-0.1, -0.05) is 13.8 Å². The first-order chi connectivity index (χ1) is 6.88. The average molecular weight is 216 g/mol. The van der Waals surface area contributed by atoms with E-state index in [-0.39, 0.29) is 18.0 Å². The lowest BCUT2D eigenvalue weighted by Crippen LogP contribution is -2.50. The lowest BCUT2D eigenvalue weighted by molar-refractivity contribution is -0.143. The largest absolute Gasteiger partial charge is 0.467 e. The molecule has 0 saturated heterocycles. The van der Waals surface area contributed by atoms with Crippen LogP contribution in [0.5, 0.6) is 0 Å². The first kappa shape index (κ1) is 13.7. The van der Waals surface area contributed by atoms with E-state index in [2.05, 4.69) is 15.4 Å². The van der Waals surface area contributed by atoms with Crippen LogP contribution in [0.15, 0.2) is 0 Å². The van der Waals surface area contributed by atoms with Gasteiger partial charge in [0.25, 0.3) is 0 Å². The lowest BCUT2D eigenvalue weighted by atomic mass is 10.1. The fourth-order valence-corrected chi connectivity index (χ4v) is 1.07. The van der Waals surface area contributed by atoms with Gasteiger partial charge in [0.05, 0.1) is 7.11 Å². The van der Waals surface area contributed by atoms with Crippen LogP contribution in [0.4, 0.5) is 4.79 Å². The third-order valence-corrected chi connectivity index (χ3v) is 1.83. The number of carbonyl (C=O) groups is 2. The number of rotatable bonds is 4. The molecular weight excluding hydrogens is 196 g/mol. The number of methoxy groups -OCH3 is 1. The van der Waals surface area contributed by atoms with E-state index < -0.39 is 12.0 Å². The maximum Gasteiger partial charge on any atom is 0.328 e. The predicted octanol–water partition coefficient (Wildman–Crippen LogP) is 0.892. The molecule has 15 heavy (non-hydrogen) atoms. The van der Waals surface area contributed by atoms with Crippen molar-refractivity contribution in [3.63, 3.8) is 0 Å². The maximum atomic E-state index is 11.4. The van der Waals surface area contributed by atoms with Gasteiger partial charge in [-0.3, -0.25) is 0 Å². The first-order valence-corrected chi connectivity index (χ1v) is 5.03. The van der Waals surface area contributed by atoms with E-state index >= 15 is 0 Å². The van der Waals surface area contributed by atoms with Gasteiger partial charge < -0.3 is 15.4 Å². The molecule has 2 amide bonds. The monoisotopic (exact) mass is 216 g/mol. The topological polar surface area (TPSA) is 67.4 Å². The molecule has 0 aromatic rings. The molecular formula is C10H20N2O3. The SMILES string of the molecule is COC(=O)C(NC(=O)NC(C)C)C(C)C. The van der Waals surface area contributed by atoms with E-state index in [4.69, 9.17) is 0 Å². The van der Waals surface area contributed by atoms with Crippen molar-refractivity contribution < 1.29 is 14.3 Å². The predicted molar refractivity (Wildman–Crippen MR) is 57.4 cm³/mol. The molecule has 0 fully saturated rings. The van der Waals surface area contributed by atoms with E-state index in [1.807, 2.05) is 27.7 Å². The van der Waals surface area contributed by atoms with Gasteiger partial charge in [0.15, 0.2) is 0 Å². The summed E-state index contributed by atoms with van der Waals surface area (Å²) in [5.41, 5.74) is 0. The molecule has 0 saturated carbocycles. The minimum absolute atomic E-state index is 0.00429. The number of hydrogen-bond acceptors (Lipinski definition) is 3. The van der Waals surface area contributed by atoms with Crippen molar-refractivity contribution in [2.75, 3.05) is 7.11 Å². The van der Waals surface area contributed by atoms with Crippen molar-refractivity contribution in [1.82, 2.24) is 10.6 Å². The second kappa shape index (κ2) is 6.27. The Morgan fingerprint density at radius 2 is 1.60 bits per heavy atom. The van der Waals surface area contributed by atoms with Crippen molar-refractivity contribution in [2.24, 2.45) is 5.92 Å².